The summed E-state index contributed by atoms with van der Waals surface area (Å²) in [7, 11) is 4.40. The van der Waals surface area contributed by atoms with Crippen LogP contribution in [-0.2, 0) is 24.7 Å². The van der Waals surface area contributed by atoms with E-state index in [2.05, 4.69) is 66.4 Å². The summed E-state index contributed by atoms with van der Waals surface area (Å²) in [5.74, 6) is 0.778. The number of phenols is 3. The molecular weight excluding hydrogens is 500 g/mol. The number of phenolic OH excluding ortho intramolecular Hbond substituents is 3. The van der Waals surface area contributed by atoms with Gasteiger partial charge in [-0.05, 0) is 80.2 Å². The van der Waals surface area contributed by atoms with Crippen LogP contribution in [0.15, 0.2) is 48.6 Å². The lowest BCUT2D eigenvalue weighted by Crippen LogP contribution is -2.63. The van der Waals surface area contributed by atoms with Gasteiger partial charge in [-0.3, -0.25) is 4.90 Å². The number of nitrogens with zero attached hydrogens (tertiary/aromatic N) is 2. The zero-order valence-corrected chi connectivity index (χ0v) is 22.9. The quantitative estimate of drug-likeness (QED) is 0.308. The molecule has 40 heavy (non-hydrogen) atoms. The van der Waals surface area contributed by atoms with Gasteiger partial charge in [-0.25, -0.2) is 0 Å². The number of aromatic hydroxyl groups is 3. The first kappa shape index (κ1) is 23.2. The van der Waals surface area contributed by atoms with E-state index in [1.165, 1.54) is 22.3 Å². The molecule has 0 amide bonds. The minimum Gasteiger partial charge on any atom is -0.504 e. The molecule has 1 spiro atoms. The van der Waals surface area contributed by atoms with Crippen LogP contribution >= 0.6 is 0 Å². The smallest absolute Gasteiger partial charge is 0.166 e. The first-order valence-electron chi connectivity index (χ1n) is 14.7. The van der Waals surface area contributed by atoms with Gasteiger partial charge in [0.2, 0.25) is 0 Å². The van der Waals surface area contributed by atoms with Crippen molar-refractivity contribution in [3.8, 4) is 34.1 Å². The van der Waals surface area contributed by atoms with Crippen LogP contribution in [0.5, 0.6) is 23.0 Å². The molecule has 3 N–H and O–H groups in total. The fourth-order valence-corrected chi connectivity index (χ4v) is 9.56. The number of hydrogen-bond acceptors (Lipinski definition) is 6. The van der Waals surface area contributed by atoms with Gasteiger partial charge < -0.3 is 25.0 Å². The van der Waals surface area contributed by atoms with Gasteiger partial charge >= 0.3 is 0 Å². The van der Waals surface area contributed by atoms with E-state index in [-0.39, 0.29) is 46.6 Å². The third-order valence-corrected chi connectivity index (χ3v) is 11.4. The molecule has 1 saturated heterocycles. The second-order valence-electron chi connectivity index (χ2n) is 13.0. The van der Waals surface area contributed by atoms with E-state index >= 15 is 0 Å². The van der Waals surface area contributed by atoms with E-state index in [0.717, 1.165) is 61.0 Å². The number of fused-ring (bicyclic) bond motifs is 2. The lowest BCUT2D eigenvalue weighted by molar-refractivity contribution is -0.00563. The van der Waals surface area contributed by atoms with E-state index in [1.807, 2.05) is 0 Å². The zero-order chi connectivity index (χ0) is 27.1. The standard InChI is InChI=1S/C34H34N2O4/c1-35-12-10-17-4-3-5-21-27(17)25(35)16-19-14-22(30(38)31(39)28(19)21)20-7-8-23-24-15-18-6-9-26(37)32-29(18)34(23,33(20)40-32)11-13-36(24)2/h3-9,14,20,23-25,33,37-39H,10-13,15-16H2,1-2H3/t20-,23+,24-,25-,33+,34+/m1/s1. The lowest BCUT2D eigenvalue weighted by atomic mass is 9.51. The molecule has 0 saturated carbocycles. The Labute approximate surface area is 234 Å². The van der Waals surface area contributed by atoms with E-state index in [0.29, 0.717) is 11.8 Å². The number of rotatable bonds is 1. The summed E-state index contributed by atoms with van der Waals surface area (Å²) >= 11 is 0. The zero-order valence-electron chi connectivity index (χ0n) is 22.9. The van der Waals surface area contributed by atoms with Crippen molar-refractivity contribution in [3.63, 3.8) is 0 Å². The third-order valence-electron chi connectivity index (χ3n) is 11.4. The van der Waals surface area contributed by atoms with E-state index in [4.69, 9.17) is 4.74 Å². The molecule has 3 heterocycles. The van der Waals surface area contributed by atoms with Crippen molar-refractivity contribution >= 4 is 0 Å². The Morgan fingerprint density at radius 2 is 1.77 bits per heavy atom. The first-order chi connectivity index (χ1) is 19.4. The van der Waals surface area contributed by atoms with Crippen molar-refractivity contribution in [3.05, 3.63) is 81.9 Å². The molecule has 0 aromatic heterocycles. The summed E-state index contributed by atoms with van der Waals surface area (Å²) in [4.78, 5) is 4.89. The topological polar surface area (TPSA) is 76.4 Å². The minimum absolute atomic E-state index is 0.0236. The maximum absolute atomic E-state index is 11.7. The van der Waals surface area contributed by atoms with Gasteiger partial charge in [-0.15, -0.1) is 0 Å². The monoisotopic (exact) mass is 534 g/mol. The molecule has 6 atom stereocenters. The van der Waals surface area contributed by atoms with Gasteiger partial charge in [-0.1, -0.05) is 42.5 Å². The summed E-state index contributed by atoms with van der Waals surface area (Å²) < 4.78 is 6.77. The number of ether oxygens (including phenoxy) is 1. The molecule has 0 radical (unpaired) electrons. The van der Waals surface area contributed by atoms with Crippen molar-refractivity contribution in [1.82, 2.24) is 9.80 Å². The Kier molecular flexibility index (Phi) is 4.43. The molecule has 3 aliphatic heterocycles. The lowest BCUT2D eigenvalue weighted by Gasteiger charge is -2.57. The summed E-state index contributed by atoms with van der Waals surface area (Å²) in [6.45, 7) is 1.98. The molecule has 3 aromatic carbocycles. The SMILES string of the molecule is CN1CCc2cccc3c2[C@H]1Cc1cc([C@H]2C=C[C@H]4[C@H]5Cc6ccc(O)c7c6[C@@]4(CCN5C)[C@H]2O7)c(O)c(O)c1-3. The Morgan fingerprint density at radius 1 is 0.900 bits per heavy atom. The fourth-order valence-electron chi connectivity index (χ4n) is 9.56. The van der Waals surface area contributed by atoms with Gasteiger partial charge in [0.15, 0.2) is 23.0 Å². The van der Waals surface area contributed by atoms with Gasteiger partial charge in [0, 0.05) is 52.6 Å². The molecule has 3 aliphatic carbocycles. The van der Waals surface area contributed by atoms with Crippen LogP contribution in [0.2, 0.25) is 0 Å². The van der Waals surface area contributed by atoms with Crippen molar-refractivity contribution in [2.45, 2.75) is 55.2 Å². The van der Waals surface area contributed by atoms with Crippen LogP contribution in [-0.4, -0.2) is 64.5 Å². The largest absolute Gasteiger partial charge is 0.504 e. The molecule has 3 aromatic rings. The minimum atomic E-state index is -0.263. The van der Waals surface area contributed by atoms with Gasteiger partial charge in [0.1, 0.15) is 6.10 Å². The number of piperidine rings is 1. The highest BCUT2D eigenvalue weighted by molar-refractivity contribution is 5.83. The fraction of sp³-hybridized carbons (Fsp3) is 0.412. The Bertz CT molecular complexity index is 1660. The second-order valence-corrected chi connectivity index (χ2v) is 13.0. The highest BCUT2D eigenvalue weighted by Gasteiger charge is 2.64. The van der Waals surface area contributed by atoms with Gasteiger partial charge in [-0.2, -0.15) is 0 Å². The first-order valence-corrected chi connectivity index (χ1v) is 14.7. The Morgan fingerprint density at radius 3 is 2.65 bits per heavy atom. The second kappa shape index (κ2) is 7.62. The molecule has 1 fully saturated rings. The van der Waals surface area contributed by atoms with Crippen LogP contribution in [0.25, 0.3) is 11.1 Å². The van der Waals surface area contributed by atoms with Crippen LogP contribution in [0.1, 0.15) is 51.8 Å². The summed E-state index contributed by atoms with van der Waals surface area (Å²) in [6.07, 6.45) is 7.96. The Balaban J connectivity index is 1.24. The molecule has 6 aliphatic rings. The molecule has 2 bridgehead atoms. The predicted molar refractivity (Wildman–Crippen MR) is 152 cm³/mol. The van der Waals surface area contributed by atoms with Crippen LogP contribution in [0, 0.1) is 5.92 Å². The molecule has 204 valence electrons. The maximum atomic E-state index is 11.7. The van der Waals surface area contributed by atoms with Crippen molar-refractivity contribution in [2.75, 3.05) is 27.2 Å². The normalized spacial score (nSPS) is 32.7. The highest BCUT2D eigenvalue weighted by atomic mass is 16.5. The van der Waals surface area contributed by atoms with Crippen LogP contribution in [0.3, 0.4) is 0 Å². The Hall–Kier alpha value is -3.48. The van der Waals surface area contributed by atoms with E-state index in [1.54, 1.807) is 6.07 Å². The molecule has 6 nitrogen and oxygen atoms in total. The molecule has 9 rings (SSSR count). The number of benzene rings is 3. The van der Waals surface area contributed by atoms with Gasteiger partial charge in [0.25, 0.3) is 0 Å². The molecule has 6 heteroatoms. The maximum Gasteiger partial charge on any atom is 0.166 e. The number of hydrogen-bond donors (Lipinski definition) is 3. The van der Waals surface area contributed by atoms with Crippen molar-refractivity contribution in [1.29, 1.82) is 0 Å². The van der Waals surface area contributed by atoms with E-state index in [9.17, 15) is 15.3 Å². The summed E-state index contributed by atoms with van der Waals surface area (Å²) in [5, 5.41) is 34.2. The molecular formula is C34H34N2O4. The summed E-state index contributed by atoms with van der Waals surface area (Å²) in [6, 6.07) is 13.0. The summed E-state index contributed by atoms with van der Waals surface area (Å²) in [5.41, 5.74) is 8.42. The van der Waals surface area contributed by atoms with E-state index < -0.39 is 0 Å². The molecule has 0 unspecified atom stereocenters. The highest BCUT2D eigenvalue weighted by Crippen LogP contribution is 2.65. The average Bonchev–Trinajstić information content (AvgIpc) is 3.31. The average molecular weight is 535 g/mol. The van der Waals surface area contributed by atoms with Crippen molar-refractivity contribution in [2.24, 2.45) is 5.92 Å². The van der Waals surface area contributed by atoms with Crippen LogP contribution in [0.4, 0.5) is 0 Å². The van der Waals surface area contributed by atoms with Crippen molar-refractivity contribution < 1.29 is 20.1 Å². The predicted octanol–water partition coefficient (Wildman–Crippen LogP) is 4.78. The number of likely N-dealkylation sites (tertiary alicyclic amines) is 1. The van der Waals surface area contributed by atoms with Crippen LogP contribution < -0.4 is 4.74 Å². The van der Waals surface area contributed by atoms with Gasteiger partial charge in [0.05, 0.1) is 0 Å². The number of likely N-dealkylation sites (N-methyl/N-ethyl adjacent to an activating group) is 2. The third kappa shape index (κ3) is 2.63.